The van der Waals surface area contributed by atoms with Crippen molar-refractivity contribution >= 4 is 21.8 Å². The summed E-state index contributed by atoms with van der Waals surface area (Å²) >= 11 is 3.34. The topological polar surface area (TPSA) is 64.7 Å². The maximum absolute atomic E-state index is 12.0. The van der Waals surface area contributed by atoms with Crippen molar-refractivity contribution in [2.75, 3.05) is 6.54 Å². The van der Waals surface area contributed by atoms with Gasteiger partial charge in [-0.15, -0.1) is 0 Å². The normalized spacial score (nSPS) is 12.3. The van der Waals surface area contributed by atoms with Gasteiger partial charge in [0, 0.05) is 31.2 Å². The molecule has 114 valence electrons. The van der Waals surface area contributed by atoms with Crippen LogP contribution in [0.4, 0.5) is 0 Å². The molecule has 0 aliphatic rings. The van der Waals surface area contributed by atoms with Crippen LogP contribution in [0.5, 0.6) is 0 Å². The second-order valence-electron chi connectivity index (χ2n) is 5.12. The van der Waals surface area contributed by atoms with Crippen molar-refractivity contribution in [1.29, 1.82) is 0 Å². The third-order valence-electron chi connectivity index (χ3n) is 3.29. The van der Waals surface area contributed by atoms with Gasteiger partial charge in [0.15, 0.2) is 0 Å². The largest absolute Gasteiger partial charge is 0.356 e. The molecule has 0 spiro atoms. The Balaban J connectivity index is 1.68. The number of hydrogen-bond acceptors (Lipinski definition) is 3. The van der Waals surface area contributed by atoms with E-state index in [1.807, 2.05) is 30.8 Å². The molecule has 7 heteroatoms. The number of rotatable bonds is 7. The van der Waals surface area contributed by atoms with Crippen LogP contribution in [0.1, 0.15) is 19.0 Å². The highest BCUT2D eigenvalue weighted by Gasteiger charge is 2.13. The molecule has 2 rings (SSSR count). The molecule has 0 radical (unpaired) electrons. The van der Waals surface area contributed by atoms with Crippen molar-refractivity contribution in [1.82, 2.24) is 24.9 Å². The predicted molar refractivity (Wildman–Crippen MR) is 83.7 cm³/mol. The zero-order chi connectivity index (χ0) is 15.2. The molecule has 0 saturated carbocycles. The lowest BCUT2D eigenvalue weighted by Gasteiger charge is -2.12. The Hall–Kier alpha value is -1.63. The van der Waals surface area contributed by atoms with Crippen LogP contribution in [0.25, 0.3) is 0 Å². The van der Waals surface area contributed by atoms with Gasteiger partial charge in [-0.2, -0.15) is 10.2 Å². The monoisotopic (exact) mass is 353 g/mol. The number of carbonyl (C=O) groups excluding carboxylic acids is 1. The molecule has 2 heterocycles. The van der Waals surface area contributed by atoms with Crippen LogP contribution >= 0.6 is 15.9 Å². The van der Waals surface area contributed by atoms with Crippen LogP contribution in [0, 0.1) is 12.8 Å². The van der Waals surface area contributed by atoms with E-state index in [1.165, 1.54) is 0 Å². The first kappa shape index (κ1) is 15.8. The van der Waals surface area contributed by atoms with Gasteiger partial charge < -0.3 is 5.32 Å². The summed E-state index contributed by atoms with van der Waals surface area (Å²) in [4.78, 5) is 12.0. The highest BCUT2D eigenvalue weighted by Crippen LogP contribution is 2.08. The minimum Gasteiger partial charge on any atom is -0.356 e. The number of aryl methyl sites for hydroxylation is 2. The van der Waals surface area contributed by atoms with Gasteiger partial charge in [-0.1, -0.05) is 6.92 Å². The minimum atomic E-state index is -0.108. The van der Waals surface area contributed by atoms with Gasteiger partial charge in [0.2, 0.25) is 5.91 Å². The third-order valence-corrected chi connectivity index (χ3v) is 3.69. The van der Waals surface area contributed by atoms with Crippen LogP contribution in [-0.2, 0) is 17.9 Å². The predicted octanol–water partition coefficient (Wildman–Crippen LogP) is 1.99. The van der Waals surface area contributed by atoms with Gasteiger partial charge in [0.05, 0.1) is 23.1 Å². The van der Waals surface area contributed by atoms with Gasteiger partial charge in [-0.05, 0) is 35.3 Å². The average molecular weight is 354 g/mol. The average Bonchev–Trinajstić information content (AvgIpc) is 3.03. The number of halogens is 1. The van der Waals surface area contributed by atoms with Crippen LogP contribution in [0.15, 0.2) is 29.1 Å². The van der Waals surface area contributed by atoms with E-state index in [1.54, 1.807) is 17.1 Å². The van der Waals surface area contributed by atoms with E-state index in [0.29, 0.717) is 13.1 Å². The van der Waals surface area contributed by atoms with Crippen LogP contribution < -0.4 is 5.32 Å². The van der Waals surface area contributed by atoms with E-state index in [4.69, 9.17) is 0 Å². The number of carbonyl (C=O) groups is 1. The summed E-state index contributed by atoms with van der Waals surface area (Å²) in [7, 11) is 0. The summed E-state index contributed by atoms with van der Waals surface area (Å²) in [6, 6.07) is 1.98. The molecule has 1 N–H and O–H groups in total. The molecule has 2 aromatic rings. The molecule has 0 aliphatic carbocycles. The summed E-state index contributed by atoms with van der Waals surface area (Å²) < 4.78 is 4.63. The second kappa shape index (κ2) is 7.40. The van der Waals surface area contributed by atoms with Crippen molar-refractivity contribution in [2.45, 2.75) is 33.4 Å². The molecule has 21 heavy (non-hydrogen) atoms. The molecular weight excluding hydrogens is 334 g/mol. The standard InChI is InChI=1S/C14H20BrN5O/c1-11(9-19-10-13(15)8-18-19)14(21)16-5-3-7-20-12(2)4-6-17-20/h4,6,8,10-11H,3,5,7,9H2,1-2H3,(H,16,21). The number of hydrogen-bond donors (Lipinski definition) is 1. The van der Waals surface area contributed by atoms with Crippen molar-refractivity contribution in [2.24, 2.45) is 5.92 Å². The highest BCUT2D eigenvalue weighted by atomic mass is 79.9. The molecule has 1 amide bonds. The van der Waals surface area contributed by atoms with Gasteiger partial charge in [0.25, 0.3) is 0 Å². The Morgan fingerprint density at radius 1 is 1.48 bits per heavy atom. The maximum atomic E-state index is 12.0. The molecule has 0 fully saturated rings. The van der Waals surface area contributed by atoms with Gasteiger partial charge in [-0.3, -0.25) is 14.2 Å². The van der Waals surface area contributed by atoms with Gasteiger partial charge >= 0.3 is 0 Å². The van der Waals surface area contributed by atoms with Crippen LogP contribution in [-0.4, -0.2) is 32.0 Å². The van der Waals surface area contributed by atoms with Crippen molar-refractivity contribution < 1.29 is 4.79 Å². The number of aromatic nitrogens is 4. The quantitative estimate of drug-likeness (QED) is 0.774. The van der Waals surface area contributed by atoms with Gasteiger partial charge in [0.1, 0.15) is 0 Å². The lowest BCUT2D eigenvalue weighted by molar-refractivity contribution is -0.124. The van der Waals surface area contributed by atoms with Gasteiger partial charge in [-0.25, -0.2) is 0 Å². The zero-order valence-electron chi connectivity index (χ0n) is 12.3. The molecule has 6 nitrogen and oxygen atoms in total. The lowest BCUT2D eigenvalue weighted by atomic mass is 10.1. The molecule has 1 unspecified atom stereocenters. The molecule has 0 bridgehead atoms. The zero-order valence-corrected chi connectivity index (χ0v) is 13.9. The van der Waals surface area contributed by atoms with E-state index in [9.17, 15) is 4.79 Å². The van der Waals surface area contributed by atoms with E-state index in [0.717, 1.165) is 23.1 Å². The van der Waals surface area contributed by atoms with Crippen LogP contribution in [0.2, 0.25) is 0 Å². The fourth-order valence-electron chi connectivity index (χ4n) is 2.05. The Morgan fingerprint density at radius 3 is 2.90 bits per heavy atom. The Morgan fingerprint density at radius 2 is 2.29 bits per heavy atom. The summed E-state index contributed by atoms with van der Waals surface area (Å²) in [6.45, 7) is 5.99. The molecular formula is C14H20BrN5O. The maximum Gasteiger partial charge on any atom is 0.224 e. The number of amides is 1. The van der Waals surface area contributed by atoms with E-state index in [2.05, 4.69) is 31.4 Å². The van der Waals surface area contributed by atoms with E-state index < -0.39 is 0 Å². The molecule has 0 aliphatic heterocycles. The Bertz CT molecular complexity index is 592. The lowest BCUT2D eigenvalue weighted by Crippen LogP contribution is -2.32. The summed E-state index contributed by atoms with van der Waals surface area (Å²) in [5, 5.41) is 11.3. The first-order valence-electron chi connectivity index (χ1n) is 7.00. The summed E-state index contributed by atoms with van der Waals surface area (Å²) in [6.07, 6.45) is 6.24. The fraction of sp³-hybridized carbons (Fsp3) is 0.500. The molecule has 1 atom stereocenters. The fourth-order valence-corrected chi connectivity index (χ4v) is 2.38. The molecule has 0 aromatic carbocycles. The van der Waals surface area contributed by atoms with E-state index in [-0.39, 0.29) is 11.8 Å². The smallest absolute Gasteiger partial charge is 0.224 e. The minimum absolute atomic E-state index is 0.0545. The highest BCUT2D eigenvalue weighted by molar-refractivity contribution is 9.10. The summed E-state index contributed by atoms with van der Waals surface area (Å²) in [5.74, 6) is -0.0537. The molecule has 0 saturated heterocycles. The van der Waals surface area contributed by atoms with Crippen molar-refractivity contribution in [3.63, 3.8) is 0 Å². The van der Waals surface area contributed by atoms with Crippen molar-refractivity contribution in [3.8, 4) is 0 Å². The Kier molecular flexibility index (Phi) is 5.55. The number of nitrogens with one attached hydrogen (secondary N) is 1. The first-order chi connectivity index (χ1) is 10.1. The van der Waals surface area contributed by atoms with Crippen LogP contribution in [0.3, 0.4) is 0 Å². The summed E-state index contributed by atoms with van der Waals surface area (Å²) in [5.41, 5.74) is 1.14. The second-order valence-corrected chi connectivity index (χ2v) is 6.04. The SMILES string of the molecule is Cc1ccnn1CCCNC(=O)C(C)Cn1cc(Br)cn1. The third kappa shape index (κ3) is 4.70. The van der Waals surface area contributed by atoms with Crippen molar-refractivity contribution in [3.05, 3.63) is 34.8 Å². The molecule has 2 aromatic heterocycles. The van der Waals surface area contributed by atoms with E-state index >= 15 is 0 Å². The number of nitrogens with zero attached hydrogens (tertiary/aromatic N) is 4. The first-order valence-corrected chi connectivity index (χ1v) is 7.79. The Labute approximate surface area is 132 Å².